The Morgan fingerprint density at radius 3 is 2.45 bits per heavy atom. The predicted molar refractivity (Wildman–Crippen MR) is 110 cm³/mol. The van der Waals surface area contributed by atoms with Gasteiger partial charge in [0.15, 0.2) is 11.5 Å². The minimum atomic E-state index is -4.43. The number of nitrogens with one attached hydrogen (secondary N) is 1. The molecule has 0 radical (unpaired) electrons. The van der Waals surface area contributed by atoms with Crippen molar-refractivity contribution in [2.75, 3.05) is 24.7 Å². The van der Waals surface area contributed by atoms with E-state index in [0.717, 1.165) is 18.2 Å². The number of halogens is 3. The van der Waals surface area contributed by atoms with Crippen molar-refractivity contribution in [2.24, 2.45) is 0 Å². The van der Waals surface area contributed by atoms with Crippen molar-refractivity contribution in [1.82, 2.24) is 0 Å². The summed E-state index contributed by atoms with van der Waals surface area (Å²) in [5, 5.41) is 8.81. The van der Waals surface area contributed by atoms with Crippen LogP contribution in [0.5, 0.6) is 11.5 Å². The molecule has 0 amide bonds. The van der Waals surface area contributed by atoms with Crippen LogP contribution in [0, 0.1) is 0 Å². The van der Waals surface area contributed by atoms with Crippen molar-refractivity contribution in [3.63, 3.8) is 0 Å². The highest BCUT2D eigenvalue weighted by molar-refractivity contribution is 7.99. The third-order valence-corrected chi connectivity index (χ3v) is 6.21. The molecule has 12 heteroatoms. The summed E-state index contributed by atoms with van der Waals surface area (Å²) in [6.45, 7) is 0. The average Bonchev–Trinajstić information content (AvgIpc) is 2.69. The Kier molecular flexibility index (Phi) is 7.85. The molecule has 0 saturated carbocycles. The van der Waals surface area contributed by atoms with Crippen molar-refractivity contribution >= 4 is 39.5 Å². The predicted octanol–water partition coefficient (Wildman–Crippen LogP) is 4.26. The van der Waals surface area contributed by atoms with Crippen molar-refractivity contribution in [1.29, 1.82) is 0 Å². The highest BCUT2D eigenvalue weighted by Gasteiger charge is 2.29. The Labute approximate surface area is 180 Å². The van der Waals surface area contributed by atoms with Crippen molar-refractivity contribution in [3.05, 3.63) is 48.0 Å². The maximum absolute atomic E-state index is 13.1. The molecular formula is C19H18F3NO6S2. The number of hydrogen-bond donors (Lipinski definition) is 2. The topological polar surface area (TPSA) is 102 Å². The zero-order chi connectivity index (χ0) is 23.2. The van der Waals surface area contributed by atoms with E-state index in [-0.39, 0.29) is 32.5 Å². The molecule has 2 rings (SSSR count). The van der Waals surface area contributed by atoms with E-state index in [1.807, 2.05) is 0 Å². The van der Waals surface area contributed by atoms with Gasteiger partial charge in [-0.1, -0.05) is 12.1 Å². The summed E-state index contributed by atoms with van der Waals surface area (Å²) >= 11 is 0.438. The molecule has 0 spiro atoms. The molecule has 0 aliphatic rings. The first-order valence-corrected chi connectivity index (χ1v) is 10.9. The fourth-order valence-corrected chi connectivity index (χ4v) is 4.58. The number of thioether (sulfide) groups is 1. The van der Waals surface area contributed by atoms with E-state index in [4.69, 9.17) is 14.6 Å². The Bertz CT molecular complexity index is 1080. The summed E-state index contributed by atoms with van der Waals surface area (Å²) in [5.74, 6) is -2.57. The van der Waals surface area contributed by atoms with Crippen LogP contribution in [-0.2, 0) is 14.8 Å². The standard InChI is InChI=1S/C19H18F3NO6S2/c1-28-14-9-12(7-8-17(24)25)10-16(18(14)29-2)31(26,27)23-13-5-3-4-6-15(13)30-11-19(20,21)22/h3-10,23H,11H2,1-2H3,(H,24,25)/b8-7+. The maximum Gasteiger partial charge on any atom is 0.398 e. The first kappa shape index (κ1) is 24.4. The van der Waals surface area contributed by atoms with E-state index in [9.17, 15) is 26.4 Å². The number of para-hydroxylation sites is 1. The van der Waals surface area contributed by atoms with Crippen molar-refractivity contribution < 1.29 is 41.0 Å². The van der Waals surface area contributed by atoms with Gasteiger partial charge in [-0.3, -0.25) is 4.72 Å². The number of benzene rings is 2. The molecule has 0 heterocycles. The van der Waals surface area contributed by atoms with E-state index >= 15 is 0 Å². The summed E-state index contributed by atoms with van der Waals surface area (Å²) in [6, 6.07) is 8.18. The minimum absolute atomic E-state index is 0.0233. The number of alkyl halides is 3. The van der Waals surface area contributed by atoms with Crippen LogP contribution >= 0.6 is 11.8 Å². The van der Waals surface area contributed by atoms with Gasteiger partial charge < -0.3 is 14.6 Å². The number of carboxylic acids is 1. The van der Waals surface area contributed by atoms with Gasteiger partial charge in [0.1, 0.15) is 4.90 Å². The molecule has 7 nitrogen and oxygen atoms in total. The second-order valence-electron chi connectivity index (χ2n) is 5.93. The fraction of sp³-hybridized carbons (Fsp3) is 0.211. The van der Waals surface area contributed by atoms with Crippen LogP contribution in [0.1, 0.15) is 5.56 Å². The third kappa shape index (κ3) is 6.82. The van der Waals surface area contributed by atoms with Crippen LogP contribution in [0.15, 0.2) is 52.3 Å². The average molecular weight is 477 g/mol. The fourth-order valence-electron chi connectivity index (χ4n) is 2.45. The van der Waals surface area contributed by atoms with Crippen molar-refractivity contribution in [2.45, 2.75) is 16.0 Å². The molecule has 2 aromatic carbocycles. The molecule has 0 atom stereocenters. The zero-order valence-electron chi connectivity index (χ0n) is 16.3. The Hall–Kier alpha value is -2.86. The molecular weight excluding hydrogens is 459 g/mol. The number of carboxylic acid groups (broad SMARTS) is 1. The van der Waals surface area contributed by atoms with Gasteiger partial charge in [0.05, 0.1) is 25.7 Å². The third-order valence-electron chi connectivity index (χ3n) is 3.70. The van der Waals surface area contributed by atoms with Gasteiger partial charge in [0.2, 0.25) is 0 Å². The molecule has 0 bridgehead atoms. The Morgan fingerprint density at radius 2 is 1.87 bits per heavy atom. The molecule has 0 fully saturated rings. The van der Waals surface area contributed by atoms with Gasteiger partial charge in [0.25, 0.3) is 10.0 Å². The molecule has 0 aliphatic carbocycles. The zero-order valence-corrected chi connectivity index (χ0v) is 17.9. The highest BCUT2D eigenvalue weighted by Crippen LogP contribution is 2.38. The van der Waals surface area contributed by atoms with Gasteiger partial charge in [0, 0.05) is 11.0 Å². The number of methoxy groups -OCH3 is 2. The lowest BCUT2D eigenvalue weighted by Gasteiger charge is -2.17. The van der Waals surface area contributed by atoms with E-state index in [0.29, 0.717) is 11.8 Å². The van der Waals surface area contributed by atoms with E-state index in [2.05, 4.69) is 4.72 Å². The maximum atomic E-state index is 13.1. The number of rotatable bonds is 9. The van der Waals surface area contributed by atoms with Crippen LogP contribution in [0.2, 0.25) is 0 Å². The molecule has 0 unspecified atom stereocenters. The number of anilines is 1. The minimum Gasteiger partial charge on any atom is -0.493 e. The number of carbonyl (C=O) groups is 1. The number of aliphatic carboxylic acids is 1. The monoisotopic (exact) mass is 477 g/mol. The summed E-state index contributed by atoms with van der Waals surface area (Å²) in [4.78, 5) is 10.5. The van der Waals surface area contributed by atoms with Crippen LogP contribution in [0.3, 0.4) is 0 Å². The molecule has 2 N–H and O–H groups in total. The van der Waals surface area contributed by atoms with Gasteiger partial charge >= 0.3 is 12.1 Å². The summed E-state index contributed by atoms with van der Waals surface area (Å²) in [6.07, 6.45) is -2.46. The van der Waals surface area contributed by atoms with Crippen molar-refractivity contribution in [3.8, 4) is 11.5 Å². The lowest BCUT2D eigenvalue weighted by molar-refractivity contribution is -0.131. The second kappa shape index (κ2) is 9.96. The Balaban J connectivity index is 2.51. The summed E-state index contributed by atoms with van der Waals surface area (Å²) in [5.41, 5.74) is 0.143. The molecule has 168 valence electrons. The second-order valence-corrected chi connectivity index (χ2v) is 8.60. The van der Waals surface area contributed by atoms with Crippen LogP contribution in [0.4, 0.5) is 18.9 Å². The largest absolute Gasteiger partial charge is 0.493 e. The van der Waals surface area contributed by atoms with Crippen LogP contribution in [0.25, 0.3) is 6.08 Å². The lowest BCUT2D eigenvalue weighted by Crippen LogP contribution is -2.16. The van der Waals surface area contributed by atoms with Crippen LogP contribution < -0.4 is 14.2 Å². The van der Waals surface area contributed by atoms with Crippen LogP contribution in [-0.4, -0.2) is 45.6 Å². The number of ether oxygens (including phenoxy) is 2. The quantitative estimate of drug-likeness (QED) is 0.411. The smallest absolute Gasteiger partial charge is 0.398 e. The first-order valence-electron chi connectivity index (χ1n) is 8.45. The van der Waals surface area contributed by atoms with Gasteiger partial charge in [-0.15, -0.1) is 11.8 Å². The summed E-state index contributed by atoms with van der Waals surface area (Å²) in [7, 11) is -1.86. The highest BCUT2D eigenvalue weighted by atomic mass is 32.2. The van der Waals surface area contributed by atoms with Gasteiger partial charge in [-0.25, -0.2) is 13.2 Å². The van der Waals surface area contributed by atoms with Gasteiger partial charge in [-0.05, 0) is 35.9 Å². The molecule has 0 saturated heterocycles. The molecule has 0 aliphatic heterocycles. The van der Waals surface area contributed by atoms with E-state index in [1.54, 1.807) is 0 Å². The van der Waals surface area contributed by atoms with E-state index in [1.165, 1.54) is 44.6 Å². The number of hydrogen-bond acceptors (Lipinski definition) is 6. The van der Waals surface area contributed by atoms with Gasteiger partial charge in [-0.2, -0.15) is 13.2 Å². The lowest BCUT2D eigenvalue weighted by atomic mass is 10.2. The molecule has 0 aromatic heterocycles. The molecule has 31 heavy (non-hydrogen) atoms. The normalized spacial score (nSPS) is 12.0. The first-order chi connectivity index (χ1) is 14.5. The SMILES string of the molecule is COc1cc(/C=C/C(=O)O)cc(S(=O)(=O)Nc2ccccc2SCC(F)(F)F)c1OC. The molecule has 2 aromatic rings. The Morgan fingerprint density at radius 1 is 1.19 bits per heavy atom. The summed E-state index contributed by atoms with van der Waals surface area (Å²) < 4.78 is 76.5. The number of sulfonamides is 1. The van der Waals surface area contributed by atoms with E-state index < -0.39 is 27.9 Å².